The molecular formula is C10H12N4OS. The summed E-state index contributed by atoms with van der Waals surface area (Å²) in [6.45, 7) is 2.04. The minimum atomic E-state index is -0.200. The van der Waals surface area contributed by atoms with Crippen molar-refractivity contribution in [1.82, 2.24) is 20.7 Å². The molecule has 0 spiro atoms. The Morgan fingerprint density at radius 1 is 1.69 bits per heavy atom. The van der Waals surface area contributed by atoms with E-state index in [1.165, 1.54) is 6.20 Å². The molecule has 2 aromatic rings. The van der Waals surface area contributed by atoms with E-state index >= 15 is 0 Å². The summed E-state index contributed by atoms with van der Waals surface area (Å²) in [7, 11) is 0. The molecule has 84 valence electrons. The molecule has 6 heteroatoms. The number of rotatable bonds is 4. The van der Waals surface area contributed by atoms with Gasteiger partial charge in [-0.05, 0) is 17.9 Å². The third kappa shape index (κ3) is 2.27. The molecule has 0 fully saturated rings. The maximum Gasteiger partial charge on any atom is 0.273 e. The number of nitrogens with zero attached hydrogens (tertiary/aromatic N) is 2. The summed E-state index contributed by atoms with van der Waals surface area (Å²) in [4.78, 5) is 12.9. The average molecular weight is 236 g/mol. The lowest BCUT2D eigenvalue weighted by Gasteiger charge is -2.14. The Balaban J connectivity index is 2.05. The van der Waals surface area contributed by atoms with Gasteiger partial charge in [-0.2, -0.15) is 15.4 Å². The fourth-order valence-corrected chi connectivity index (χ4v) is 2.27. The van der Waals surface area contributed by atoms with Crippen molar-refractivity contribution in [2.24, 2.45) is 0 Å². The molecule has 2 N–H and O–H groups in total. The Labute approximate surface area is 96.9 Å². The highest BCUT2D eigenvalue weighted by atomic mass is 32.1. The van der Waals surface area contributed by atoms with E-state index in [2.05, 4.69) is 20.7 Å². The maximum atomic E-state index is 11.7. The normalized spacial score (nSPS) is 12.3. The first-order valence-electron chi connectivity index (χ1n) is 5.01. The molecule has 0 aliphatic heterocycles. The van der Waals surface area contributed by atoms with E-state index in [1.54, 1.807) is 11.3 Å². The van der Waals surface area contributed by atoms with Crippen LogP contribution in [0.15, 0.2) is 23.7 Å². The summed E-state index contributed by atoms with van der Waals surface area (Å²) < 4.78 is 0. The van der Waals surface area contributed by atoms with Gasteiger partial charge in [0.1, 0.15) is 0 Å². The highest BCUT2D eigenvalue weighted by molar-refractivity contribution is 7.10. The van der Waals surface area contributed by atoms with Crippen LogP contribution in [-0.2, 0) is 0 Å². The number of carbonyl (C=O) groups excluding carboxylic acids is 1. The zero-order valence-electron chi connectivity index (χ0n) is 8.80. The van der Waals surface area contributed by atoms with Crippen LogP contribution in [0.5, 0.6) is 0 Å². The molecule has 16 heavy (non-hydrogen) atoms. The monoisotopic (exact) mass is 236 g/mol. The van der Waals surface area contributed by atoms with Gasteiger partial charge < -0.3 is 5.32 Å². The zero-order valence-corrected chi connectivity index (χ0v) is 9.62. The summed E-state index contributed by atoms with van der Waals surface area (Å²) in [5.74, 6) is -0.200. The van der Waals surface area contributed by atoms with Crippen LogP contribution >= 0.6 is 11.3 Å². The average Bonchev–Trinajstić information content (AvgIpc) is 2.96. The van der Waals surface area contributed by atoms with Crippen LogP contribution in [0.1, 0.15) is 34.8 Å². The molecule has 2 heterocycles. The predicted molar refractivity (Wildman–Crippen MR) is 61.2 cm³/mol. The molecule has 1 unspecified atom stereocenters. The zero-order chi connectivity index (χ0) is 11.4. The van der Waals surface area contributed by atoms with Crippen LogP contribution in [0.2, 0.25) is 0 Å². The number of nitrogens with one attached hydrogen (secondary N) is 2. The van der Waals surface area contributed by atoms with Crippen molar-refractivity contribution in [2.75, 3.05) is 0 Å². The van der Waals surface area contributed by atoms with Gasteiger partial charge in [0.15, 0.2) is 5.69 Å². The molecular weight excluding hydrogens is 224 g/mol. The first-order chi connectivity index (χ1) is 7.81. The third-order valence-electron chi connectivity index (χ3n) is 2.25. The van der Waals surface area contributed by atoms with Crippen LogP contribution in [0.4, 0.5) is 0 Å². The highest BCUT2D eigenvalue weighted by Crippen LogP contribution is 2.21. The number of thiophene rings is 1. The fraction of sp³-hybridized carbons (Fsp3) is 0.300. The van der Waals surface area contributed by atoms with Gasteiger partial charge in [0.2, 0.25) is 0 Å². The Morgan fingerprint density at radius 2 is 2.56 bits per heavy atom. The van der Waals surface area contributed by atoms with Crippen LogP contribution in [0.3, 0.4) is 0 Å². The van der Waals surface area contributed by atoms with Crippen molar-refractivity contribution in [3.8, 4) is 0 Å². The number of aromatic nitrogens is 3. The molecule has 5 nitrogen and oxygen atoms in total. The van der Waals surface area contributed by atoms with Crippen LogP contribution in [0.25, 0.3) is 0 Å². The van der Waals surface area contributed by atoms with Crippen molar-refractivity contribution >= 4 is 17.2 Å². The van der Waals surface area contributed by atoms with Gasteiger partial charge in [-0.1, -0.05) is 13.0 Å². The summed E-state index contributed by atoms with van der Waals surface area (Å²) >= 11 is 1.64. The summed E-state index contributed by atoms with van der Waals surface area (Å²) in [5.41, 5.74) is 0.315. The minimum absolute atomic E-state index is 0.0456. The van der Waals surface area contributed by atoms with Gasteiger partial charge in [0.05, 0.1) is 12.2 Å². The van der Waals surface area contributed by atoms with Crippen LogP contribution in [-0.4, -0.2) is 21.3 Å². The van der Waals surface area contributed by atoms with Gasteiger partial charge in [-0.25, -0.2) is 0 Å². The summed E-state index contributed by atoms with van der Waals surface area (Å²) in [6, 6.07) is 4.04. The molecule has 0 bridgehead atoms. The summed E-state index contributed by atoms with van der Waals surface area (Å²) in [6.07, 6.45) is 2.26. The number of amides is 1. The Morgan fingerprint density at radius 3 is 3.12 bits per heavy atom. The van der Waals surface area contributed by atoms with Crippen molar-refractivity contribution < 1.29 is 4.79 Å². The van der Waals surface area contributed by atoms with E-state index in [0.717, 1.165) is 11.3 Å². The fourth-order valence-electron chi connectivity index (χ4n) is 1.41. The molecule has 0 aromatic carbocycles. The Kier molecular flexibility index (Phi) is 3.31. The second-order valence-electron chi connectivity index (χ2n) is 3.30. The van der Waals surface area contributed by atoms with E-state index in [1.807, 2.05) is 24.4 Å². The number of H-pyrrole nitrogens is 1. The third-order valence-corrected chi connectivity index (χ3v) is 3.23. The predicted octanol–water partition coefficient (Wildman–Crippen LogP) is 1.75. The maximum absolute atomic E-state index is 11.7. The molecule has 0 saturated heterocycles. The second-order valence-corrected chi connectivity index (χ2v) is 4.28. The molecule has 2 rings (SSSR count). The van der Waals surface area contributed by atoms with E-state index in [9.17, 15) is 4.79 Å². The standard InChI is InChI=1S/C10H12N4OS/c1-2-7(9-4-3-5-16-9)12-10(15)8-6-11-14-13-8/h3-7H,2H2,1H3,(H,12,15)(H,11,13,14). The van der Waals surface area contributed by atoms with E-state index in [4.69, 9.17) is 0 Å². The SMILES string of the molecule is CCC(NC(=O)c1cn[nH]n1)c1cccs1. The van der Waals surface area contributed by atoms with Crippen LogP contribution < -0.4 is 5.32 Å². The van der Waals surface area contributed by atoms with Gasteiger partial charge in [-0.15, -0.1) is 11.3 Å². The summed E-state index contributed by atoms with van der Waals surface area (Å²) in [5, 5.41) is 14.7. The van der Waals surface area contributed by atoms with Crippen molar-refractivity contribution in [3.63, 3.8) is 0 Å². The Bertz CT molecular complexity index is 437. The van der Waals surface area contributed by atoms with Crippen molar-refractivity contribution in [2.45, 2.75) is 19.4 Å². The second kappa shape index (κ2) is 4.89. The Hall–Kier alpha value is -1.69. The van der Waals surface area contributed by atoms with Gasteiger partial charge in [-0.3, -0.25) is 4.79 Å². The molecule has 2 aromatic heterocycles. The molecule has 1 atom stereocenters. The van der Waals surface area contributed by atoms with Crippen molar-refractivity contribution in [1.29, 1.82) is 0 Å². The quantitative estimate of drug-likeness (QED) is 0.849. The largest absolute Gasteiger partial charge is 0.343 e. The lowest BCUT2D eigenvalue weighted by atomic mass is 10.2. The number of aromatic amines is 1. The molecule has 0 aliphatic carbocycles. The van der Waals surface area contributed by atoms with Gasteiger partial charge >= 0.3 is 0 Å². The minimum Gasteiger partial charge on any atom is -0.343 e. The number of hydrogen-bond donors (Lipinski definition) is 2. The van der Waals surface area contributed by atoms with Gasteiger partial charge in [0.25, 0.3) is 5.91 Å². The first kappa shape index (κ1) is 10.8. The lowest BCUT2D eigenvalue weighted by Crippen LogP contribution is -2.27. The first-order valence-corrected chi connectivity index (χ1v) is 5.89. The topological polar surface area (TPSA) is 70.7 Å². The lowest BCUT2D eigenvalue weighted by molar-refractivity contribution is 0.0931. The highest BCUT2D eigenvalue weighted by Gasteiger charge is 2.16. The molecule has 0 radical (unpaired) electrons. The van der Waals surface area contributed by atoms with E-state index < -0.39 is 0 Å². The number of hydrogen-bond acceptors (Lipinski definition) is 4. The smallest absolute Gasteiger partial charge is 0.273 e. The van der Waals surface area contributed by atoms with Gasteiger partial charge in [0, 0.05) is 4.88 Å². The van der Waals surface area contributed by atoms with E-state index in [0.29, 0.717) is 5.69 Å². The van der Waals surface area contributed by atoms with E-state index in [-0.39, 0.29) is 11.9 Å². The molecule has 0 aliphatic rings. The molecule has 1 amide bonds. The van der Waals surface area contributed by atoms with Crippen molar-refractivity contribution in [3.05, 3.63) is 34.3 Å². The number of carbonyl (C=O) groups is 1. The van der Waals surface area contributed by atoms with Crippen LogP contribution in [0, 0.1) is 0 Å². The molecule has 0 saturated carbocycles.